The lowest BCUT2D eigenvalue weighted by atomic mass is 10.1. The van der Waals surface area contributed by atoms with Crippen LogP contribution in [0.3, 0.4) is 0 Å². The maximum absolute atomic E-state index is 13.1. The summed E-state index contributed by atoms with van der Waals surface area (Å²) >= 11 is 0. The van der Waals surface area contributed by atoms with Crippen LogP contribution in [-0.4, -0.2) is 96.7 Å². The summed E-state index contributed by atoms with van der Waals surface area (Å²) in [6.45, 7) is 4.83. The van der Waals surface area contributed by atoms with Gasteiger partial charge in [-0.05, 0) is 135 Å². The van der Waals surface area contributed by atoms with E-state index in [-0.39, 0.29) is 25.7 Å². The number of phosphoric ester groups is 2. The monoisotopic (exact) mass is 1430 g/mol. The molecule has 17 nitrogen and oxygen atoms in total. The molecule has 0 aromatic carbocycles. The minimum atomic E-state index is -4.97. The maximum Gasteiger partial charge on any atom is 0.472 e. The number of ether oxygens (including phenoxy) is 4. The summed E-state index contributed by atoms with van der Waals surface area (Å²) in [6, 6.07) is 0. The van der Waals surface area contributed by atoms with Gasteiger partial charge in [-0.25, -0.2) is 9.13 Å². The lowest BCUT2D eigenvalue weighted by Crippen LogP contribution is -2.30. The number of rotatable bonds is 75. The summed E-state index contributed by atoms with van der Waals surface area (Å²) in [7, 11) is -9.95. The Morgan fingerprint density at radius 2 is 0.500 bits per heavy atom. The van der Waals surface area contributed by atoms with E-state index >= 15 is 0 Å². The third kappa shape index (κ3) is 71.2. The van der Waals surface area contributed by atoms with Gasteiger partial charge in [-0.1, -0.05) is 262 Å². The fourth-order valence-corrected chi connectivity index (χ4v) is 12.4. The van der Waals surface area contributed by atoms with Gasteiger partial charge in [0.25, 0.3) is 0 Å². The van der Waals surface area contributed by atoms with Crippen LogP contribution in [0.1, 0.15) is 362 Å². The van der Waals surface area contributed by atoms with E-state index in [1.807, 2.05) is 0 Å². The van der Waals surface area contributed by atoms with Crippen LogP contribution in [0.15, 0.2) is 60.8 Å². The Hall–Kier alpha value is -3.24. The quantitative estimate of drug-likeness (QED) is 0.0169. The van der Waals surface area contributed by atoms with Gasteiger partial charge < -0.3 is 33.8 Å². The normalized spacial score (nSPS) is 14.2. The number of hydrogen-bond donors (Lipinski definition) is 3. The van der Waals surface area contributed by atoms with Crippen molar-refractivity contribution in [1.29, 1.82) is 0 Å². The van der Waals surface area contributed by atoms with Crippen molar-refractivity contribution in [2.24, 2.45) is 0 Å². The van der Waals surface area contributed by atoms with Gasteiger partial charge in [0, 0.05) is 25.7 Å². The van der Waals surface area contributed by atoms with Crippen LogP contribution in [0.5, 0.6) is 0 Å². The molecule has 0 rings (SSSR count). The molecule has 0 saturated carbocycles. The summed E-state index contributed by atoms with van der Waals surface area (Å²) in [4.78, 5) is 72.9. The molecular formula is C79H144O17P2. The number of aliphatic hydroxyl groups is 1. The molecule has 98 heavy (non-hydrogen) atoms. The van der Waals surface area contributed by atoms with Gasteiger partial charge in [-0.3, -0.25) is 37.3 Å². The van der Waals surface area contributed by atoms with E-state index in [1.165, 1.54) is 122 Å². The van der Waals surface area contributed by atoms with Gasteiger partial charge in [-0.15, -0.1) is 0 Å². The second-order valence-electron chi connectivity index (χ2n) is 26.6. The predicted octanol–water partition coefficient (Wildman–Crippen LogP) is 22.7. The van der Waals surface area contributed by atoms with E-state index in [4.69, 9.17) is 37.0 Å². The Morgan fingerprint density at radius 1 is 0.286 bits per heavy atom. The van der Waals surface area contributed by atoms with Crippen molar-refractivity contribution in [2.75, 3.05) is 39.6 Å². The Balaban J connectivity index is 5.34. The smallest absolute Gasteiger partial charge is 0.462 e. The van der Waals surface area contributed by atoms with Crippen LogP contribution >= 0.6 is 15.6 Å². The van der Waals surface area contributed by atoms with E-state index in [0.29, 0.717) is 25.7 Å². The van der Waals surface area contributed by atoms with Crippen molar-refractivity contribution in [3.63, 3.8) is 0 Å². The molecule has 19 heteroatoms. The highest BCUT2D eigenvalue weighted by molar-refractivity contribution is 7.47. The Kier molecular flexibility index (Phi) is 69.7. The molecule has 5 atom stereocenters. The summed E-state index contributed by atoms with van der Waals surface area (Å²) in [5.41, 5.74) is 0. The van der Waals surface area contributed by atoms with Crippen LogP contribution in [0.2, 0.25) is 0 Å². The van der Waals surface area contributed by atoms with Crippen LogP contribution in [0, 0.1) is 0 Å². The maximum atomic E-state index is 13.1. The minimum Gasteiger partial charge on any atom is -0.462 e. The fraction of sp³-hybridized carbons (Fsp3) is 0.823. The summed E-state index contributed by atoms with van der Waals surface area (Å²) in [5.74, 6) is -2.18. The topological polar surface area (TPSA) is 237 Å². The second kappa shape index (κ2) is 72.1. The number of unbranched alkanes of at least 4 members (excludes halogenated alkanes) is 39. The van der Waals surface area contributed by atoms with Gasteiger partial charge in [0.15, 0.2) is 12.2 Å². The molecule has 0 heterocycles. The predicted molar refractivity (Wildman–Crippen MR) is 400 cm³/mol. The third-order valence-corrected chi connectivity index (χ3v) is 18.8. The van der Waals surface area contributed by atoms with E-state index in [0.717, 1.165) is 161 Å². The molecule has 0 spiro atoms. The molecule has 2 unspecified atom stereocenters. The van der Waals surface area contributed by atoms with Crippen LogP contribution in [-0.2, 0) is 65.4 Å². The third-order valence-electron chi connectivity index (χ3n) is 16.9. The van der Waals surface area contributed by atoms with E-state index < -0.39 is 97.5 Å². The summed E-state index contributed by atoms with van der Waals surface area (Å²) in [5, 5.41) is 10.6. The molecule has 0 aromatic rings. The zero-order valence-corrected chi connectivity index (χ0v) is 64.3. The first-order valence-corrected chi connectivity index (χ1v) is 42.5. The zero-order valence-electron chi connectivity index (χ0n) is 62.5. The first kappa shape index (κ1) is 94.8. The largest absolute Gasteiger partial charge is 0.472 e. The van der Waals surface area contributed by atoms with E-state index in [9.17, 15) is 43.2 Å². The number of aliphatic hydroxyl groups excluding tert-OH is 1. The molecule has 3 N–H and O–H groups in total. The van der Waals surface area contributed by atoms with Gasteiger partial charge >= 0.3 is 39.5 Å². The van der Waals surface area contributed by atoms with Crippen molar-refractivity contribution >= 4 is 39.5 Å². The van der Waals surface area contributed by atoms with Crippen molar-refractivity contribution < 1.29 is 80.2 Å². The van der Waals surface area contributed by atoms with Crippen molar-refractivity contribution in [1.82, 2.24) is 0 Å². The standard InChI is InChI=1S/C79H144O17P2/c1-5-9-13-17-21-25-29-33-36-40-43-47-51-55-59-63-76(81)89-69-74(95-78(83)65-61-57-53-49-45-39-32-28-24-20-16-12-8-4)71-93-97(85,86)91-67-73(80)68-92-98(87,88)94-72-75(96-79(84)66-62-58-54-50-46-42-38-35-31-27-23-19-15-11-7-3)70-90-77(82)64-60-56-52-48-44-41-37-34-30-26-22-18-14-10-6-2/h23,25,27-29,32,34-35,37-38,73-75,80H,5-22,24,26,30-31,33,36,39-72H2,1-4H3,(H,85,86)(H,87,88)/b27-23-,29-25-,32-28-,37-34-,38-35-/t73-,74+,75+/m0/s1. The zero-order chi connectivity index (χ0) is 71.8. The molecule has 0 aliphatic heterocycles. The Labute approximate surface area is 597 Å². The Bertz CT molecular complexity index is 2100. The molecule has 0 radical (unpaired) electrons. The summed E-state index contributed by atoms with van der Waals surface area (Å²) in [6.07, 6.45) is 70.5. The summed E-state index contributed by atoms with van der Waals surface area (Å²) < 4.78 is 68.5. The van der Waals surface area contributed by atoms with Gasteiger partial charge in [0.1, 0.15) is 19.3 Å². The number of carbonyl (C=O) groups is 4. The molecular weight excluding hydrogens is 1280 g/mol. The van der Waals surface area contributed by atoms with Crippen LogP contribution in [0.4, 0.5) is 0 Å². The number of allylic oxidation sites excluding steroid dienone is 10. The minimum absolute atomic E-state index is 0.0809. The average molecular weight is 1430 g/mol. The van der Waals surface area contributed by atoms with Gasteiger partial charge in [0.2, 0.25) is 0 Å². The molecule has 0 aliphatic carbocycles. The molecule has 572 valence electrons. The van der Waals surface area contributed by atoms with Crippen molar-refractivity contribution in [3.05, 3.63) is 60.8 Å². The first-order chi connectivity index (χ1) is 47.7. The molecule has 0 bridgehead atoms. The number of esters is 4. The number of hydrogen-bond acceptors (Lipinski definition) is 15. The van der Waals surface area contributed by atoms with Crippen LogP contribution in [0.25, 0.3) is 0 Å². The SMILES string of the molecule is CCCCC/C=C\C/C=C\CCCCCCCC(=O)O[C@H](COC(=O)CCCCCCC/C=C\CCCCCCCC)COP(=O)(O)OC[C@@H](O)COP(=O)(O)OC[C@@H](COC(=O)CCCCCCCCC/C=C\CCCCCC)OC(=O)CCCCCCC/C=C\CCCCCC. The highest BCUT2D eigenvalue weighted by atomic mass is 31.2. The van der Waals surface area contributed by atoms with Gasteiger partial charge in [0.05, 0.1) is 26.4 Å². The number of carbonyl (C=O) groups excluding carboxylic acids is 4. The molecule has 0 saturated heterocycles. The lowest BCUT2D eigenvalue weighted by molar-refractivity contribution is -0.161. The van der Waals surface area contributed by atoms with Crippen molar-refractivity contribution in [2.45, 2.75) is 380 Å². The van der Waals surface area contributed by atoms with Crippen LogP contribution < -0.4 is 0 Å². The molecule has 0 fully saturated rings. The van der Waals surface area contributed by atoms with Gasteiger partial charge in [-0.2, -0.15) is 0 Å². The highest BCUT2D eigenvalue weighted by Crippen LogP contribution is 2.45. The fourth-order valence-electron chi connectivity index (χ4n) is 10.8. The van der Waals surface area contributed by atoms with E-state index in [1.54, 1.807) is 0 Å². The first-order valence-electron chi connectivity index (χ1n) is 39.5. The molecule has 0 amide bonds. The average Bonchev–Trinajstić information content (AvgIpc) is 0.984. The highest BCUT2D eigenvalue weighted by Gasteiger charge is 2.30. The molecule has 0 aromatic heterocycles. The van der Waals surface area contributed by atoms with Crippen molar-refractivity contribution in [3.8, 4) is 0 Å². The van der Waals surface area contributed by atoms with E-state index in [2.05, 4.69) is 88.5 Å². The second-order valence-corrected chi connectivity index (χ2v) is 29.5. The number of phosphoric acid groups is 2. The molecule has 0 aliphatic rings. The Morgan fingerprint density at radius 3 is 0.796 bits per heavy atom. The lowest BCUT2D eigenvalue weighted by Gasteiger charge is -2.21.